The van der Waals surface area contributed by atoms with E-state index in [0.717, 1.165) is 48.1 Å². The van der Waals surface area contributed by atoms with Crippen molar-refractivity contribution >= 4 is 49.1 Å². The van der Waals surface area contributed by atoms with Crippen LogP contribution < -0.4 is 15.4 Å². The van der Waals surface area contributed by atoms with E-state index in [1.165, 1.54) is 16.8 Å². The lowest BCUT2D eigenvalue weighted by molar-refractivity contribution is -0.137. The van der Waals surface area contributed by atoms with Gasteiger partial charge in [-0.1, -0.05) is 12.6 Å². The number of fused-ring (bicyclic) bond motifs is 3. The standard InChI is InChI=1S/C34H31F6N7O2S/c1-3-27(48)46-14-24(37)26(15-46)45(2)31-20-9-22(34(38,39)40)19(18-5-6-23(36)29-28(18)21(12-41)30(42)50-29)10-25(20)43-32(44-31)49-16-33-7-4-8-47(33)13-17(35)11-33/h3,5-6,9-10,17,24,26H,1,4,7-8,11,13-16,42H2,2H3/t17-,24-,26+,33+/m1/s1. The number of likely N-dealkylation sites (N-methyl/N-ethyl adjacent to an activating group) is 1. The smallest absolute Gasteiger partial charge is 0.417 e. The highest BCUT2D eigenvalue weighted by molar-refractivity contribution is 7.23. The molecule has 3 aliphatic heterocycles. The molecule has 9 nitrogen and oxygen atoms in total. The van der Waals surface area contributed by atoms with Gasteiger partial charge in [0, 0.05) is 37.3 Å². The maximum atomic E-state index is 15.5. The first kappa shape index (κ1) is 33.9. The largest absolute Gasteiger partial charge is 0.461 e. The summed E-state index contributed by atoms with van der Waals surface area (Å²) >= 11 is 0.755. The zero-order valence-corrected chi connectivity index (χ0v) is 27.6. The van der Waals surface area contributed by atoms with Crippen molar-refractivity contribution in [1.29, 1.82) is 5.26 Å². The maximum absolute atomic E-state index is 15.5. The highest BCUT2D eigenvalue weighted by Gasteiger charge is 2.49. The number of alkyl halides is 5. The molecular weight excluding hydrogens is 684 g/mol. The molecule has 0 radical (unpaired) electrons. The number of hydrogen-bond acceptors (Lipinski definition) is 9. The Balaban J connectivity index is 1.41. The number of likely N-dealkylation sites (tertiary alicyclic amines) is 1. The number of nitrogens with two attached hydrogens (primary N) is 1. The van der Waals surface area contributed by atoms with Gasteiger partial charge in [0.15, 0.2) is 0 Å². The summed E-state index contributed by atoms with van der Waals surface area (Å²) < 4.78 is 95.8. The SMILES string of the molecule is C=CC(=O)N1C[C@@H](F)[C@@H](N(C)c2nc(OC[C@@]34CCCN3C[C@H](F)C4)nc3cc(-c4ccc(F)c5sc(N)c(C#N)c45)c(C(F)(F)F)cc23)C1. The molecule has 4 atom stereocenters. The van der Waals surface area contributed by atoms with E-state index in [2.05, 4.69) is 16.5 Å². The number of nitriles is 1. The summed E-state index contributed by atoms with van der Waals surface area (Å²) in [5, 5.41) is 9.62. The summed E-state index contributed by atoms with van der Waals surface area (Å²) in [4.78, 5) is 25.9. The number of thiophene rings is 1. The minimum Gasteiger partial charge on any atom is -0.461 e. The Bertz CT molecular complexity index is 2080. The Hall–Kier alpha value is -4.62. The van der Waals surface area contributed by atoms with Crippen molar-refractivity contribution in [3.05, 3.63) is 53.9 Å². The highest BCUT2D eigenvalue weighted by Crippen LogP contribution is 2.47. The average Bonchev–Trinajstić information content (AvgIpc) is 3.82. The van der Waals surface area contributed by atoms with Crippen LogP contribution in [0.25, 0.3) is 32.1 Å². The predicted octanol–water partition coefficient (Wildman–Crippen LogP) is 6.25. The summed E-state index contributed by atoms with van der Waals surface area (Å²) in [6.45, 7) is 4.09. The number of hydrogen-bond donors (Lipinski definition) is 1. The summed E-state index contributed by atoms with van der Waals surface area (Å²) in [5.41, 5.74) is 3.60. The first-order valence-corrected chi connectivity index (χ1v) is 16.7. The molecule has 4 aromatic rings. The summed E-state index contributed by atoms with van der Waals surface area (Å²) in [7, 11) is 1.46. The summed E-state index contributed by atoms with van der Waals surface area (Å²) in [5.74, 6) is -1.33. The number of benzene rings is 2. The van der Waals surface area contributed by atoms with Crippen LogP contribution in [-0.2, 0) is 11.0 Å². The van der Waals surface area contributed by atoms with Crippen molar-refractivity contribution < 1.29 is 35.9 Å². The third-order valence-corrected chi connectivity index (χ3v) is 11.1. The Labute approximate surface area is 286 Å². The van der Waals surface area contributed by atoms with E-state index in [4.69, 9.17) is 10.5 Å². The molecular formula is C34H31F6N7O2S. The lowest BCUT2D eigenvalue weighted by atomic mass is 9.93. The molecule has 0 spiro atoms. The monoisotopic (exact) mass is 715 g/mol. The average molecular weight is 716 g/mol. The normalized spacial score (nSPS) is 23.8. The first-order valence-electron chi connectivity index (χ1n) is 15.9. The van der Waals surface area contributed by atoms with Gasteiger partial charge in [0.25, 0.3) is 0 Å². The Morgan fingerprint density at radius 2 is 2.02 bits per heavy atom. The van der Waals surface area contributed by atoms with E-state index in [-0.39, 0.29) is 81.6 Å². The molecule has 5 heterocycles. The third kappa shape index (κ3) is 5.56. The minimum absolute atomic E-state index is 0.0120. The molecule has 3 fully saturated rings. The van der Waals surface area contributed by atoms with Crippen molar-refractivity contribution in [1.82, 2.24) is 19.8 Å². The number of nitrogen functional groups attached to an aromatic ring is 1. The van der Waals surface area contributed by atoms with Crippen LogP contribution in [0.3, 0.4) is 0 Å². The molecule has 16 heteroatoms. The molecule has 2 N–H and O–H groups in total. The van der Waals surface area contributed by atoms with Gasteiger partial charge in [-0.05, 0) is 54.8 Å². The van der Waals surface area contributed by atoms with Crippen LogP contribution in [0, 0.1) is 17.1 Å². The molecule has 0 unspecified atom stereocenters. The number of ether oxygens (including phenoxy) is 1. The topological polar surface area (TPSA) is 112 Å². The highest BCUT2D eigenvalue weighted by atomic mass is 32.1. The van der Waals surface area contributed by atoms with Crippen LogP contribution >= 0.6 is 11.3 Å². The Morgan fingerprint density at radius 3 is 2.74 bits per heavy atom. The Morgan fingerprint density at radius 1 is 1.24 bits per heavy atom. The van der Waals surface area contributed by atoms with E-state index in [1.807, 2.05) is 11.0 Å². The van der Waals surface area contributed by atoms with Gasteiger partial charge in [0.2, 0.25) is 5.91 Å². The van der Waals surface area contributed by atoms with Crippen molar-refractivity contribution in [3.8, 4) is 23.2 Å². The molecule has 0 aliphatic carbocycles. The number of halogens is 6. The quantitative estimate of drug-likeness (QED) is 0.177. The Kier molecular flexibility index (Phi) is 8.33. The molecule has 3 saturated heterocycles. The van der Waals surface area contributed by atoms with E-state index in [9.17, 15) is 32.0 Å². The van der Waals surface area contributed by atoms with Gasteiger partial charge in [-0.25, -0.2) is 13.2 Å². The van der Waals surface area contributed by atoms with E-state index in [0.29, 0.717) is 13.0 Å². The number of aromatic nitrogens is 2. The summed E-state index contributed by atoms with van der Waals surface area (Å²) in [6, 6.07) is 4.84. The fourth-order valence-corrected chi connectivity index (χ4v) is 8.63. The summed E-state index contributed by atoms with van der Waals surface area (Å²) in [6.07, 6.45) is -4.75. The minimum atomic E-state index is -4.96. The number of nitrogens with zero attached hydrogens (tertiary/aromatic N) is 6. The molecule has 0 saturated carbocycles. The molecule has 3 aliphatic rings. The third-order valence-electron chi connectivity index (χ3n) is 10.1. The van der Waals surface area contributed by atoms with Crippen LogP contribution in [-0.4, -0.2) is 89.4 Å². The number of carbonyl (C=O) groups is 1. The molecule has 50 heavy (non-hydrogen) atoms. The van der Waals surface area contributed by atoms with Gasteiger partial charge in [-0.15, -0.1) is 11.3 Å². The number of rotatable bonds is 7. The van der Waals surface area contributed by atoms with Gasteiger partial charge in [0.1, 0.15) is 41.7 Å². The van der Waals surface area contributed by atoms with Crippen molar-refractivity contribution in [2.75, 3.05) is 50.5 Å². The van der Waals surface area contributed by atoms with Crippen LogP contribution in [0.1, 0.15) is 30.4 Å². The second-order valence-corrected chi connectivity index (χ2v) is 14.1. The van der Waals surface area contributed by atoms with E-state index in [1.54, 1.807) is 0 Å². The first-order chi connectivity index (χ1) is 23.7. The van der Waals surface area contributed by atoms with E-state index < -0.39 is 53.0 Å². The zero-order valence-electron chi connectivity index (χ0n) is 26.7. The molecule has 2 aromatic heterocycles. The molecule has 0 bridgehead atoms. The van der Waals surface area contributed by atoms with Gasteiger partial charge in [0.05, 0.1) is 39.5 Å². The number of amides is 1. The maximum Gasteiger partial charge on any atom is 0.417 e. The van der Waals surface area contributed by atoms with E-state index >= 15 is 4.39 Å². The molecule has 2 aromatic carbocycles. The van der Waals surface area contributed by atoms with Gasteiger partial charge < -0.3 is 20.3 Å². The lowest BCUT2D eigenvalue weighted by Crippen LogP contribution is -2.43. The zero-order chi connectivity index (χ0) is 35.7. The van der Waals surface area contributed by atoms with Crippen molar-refractivity contribution in [2.45, 2.75) is 49.4 Å². The molecule has 7 rings (SSSR count). The molecule has 1 amide bonds. The van der Waals surface area contributed by atoms with Gasteiger partial charge in [-0.2, -0.15) is 28.4 Å². The van der Waals surface area contributed by atoms with Crippen LogP contribution in [0.15, 0.2) is 36.9 Å². The molecule has 262 valence electrons. The predicted molar refractivity (Wildman–Crippen MR) is 177 cm³/mol. The lowest BCUT2D eigenvalue weighted by Gasteiger charge is -2.31. The van der Waals surface area contributed by atoms with Crippen molar-refractivity contribution in [3.63, 3.8) is 0 Å². The van der Waals surface area contributed by atoms with Crippen LogP contribution in [0.4, 0.5) is 37.2 Å². The fraction of sp³-hybridized carbons (Fsp3) is 0.412. The second-order valence-electron chi connectivity index (χ2n) is 13.0. The van der Waals surface area contributed by atoms with Crippen LogP contribution in [0.2, 0.25) is 0 Å². The van der Waals surface area contributed by atoms with Gasteiger partial charge in [-0.3, -0.25) is 9.69 Å². The van der Waals surface area contributed by atoms with Crippen molar-refractivity contribution in [2.24, 2.45) is 0 Å². The number of anilines is 2. The second kappa shape index (κ2) is 12.3. The van der Waals surface area contributed by atoms with Crippen LogP contribution in [0.5, 0.6) is 6.01 Å². The van der Waals surface area contributed by atoms with Gasteiger partial charge >= 0.3 is 12.2 Å². The number of carbonyl (C=O) groups excluding carboxylic acids is 1. The fourth-order valence-electron chi connectivity index (χ4n) is 7.68.